The first-order valence-electron chi connectivity index (χ1n) is 30.4. The zero-order chi connectivity index (χ0) is 64.7. The van der Waals surface area contributed by atoms with Crippen LogP contribution in [0, 0.1) is 28.1 Å². The molecular formula is C56H90O33. The van der Waals surface area contributed by atoms with Gasteiger partial charge in [-0.3, -0.25) is 4.79 Å². The van der Waals surface area contributed by atoms with Gasteiger partial charge in [-0.05, 0) is 86.5 Å². The minimum absolute atomic E-state index is 0.0480. The highest BCUT2D eigenvalue weighted by Gasteiger charge is 2.70. The van der Waals surface area contributed by atoms with Crippen LogP contribution in [0.25, 0.3) is 0 Å². The minimum atomic E-state index is -2.16. The van der Waals surface area contributed by atoms with Crippen LogP contribution < -0.4 is 0 Å². The Bertz CT molecular complexity index is 2390. The Balaban J connectivity index is 0.745. The maximum absolute atomic E-state index is 14.3. The summed E-state index contributed by atoms with van der Waals surface area (Å²) in [5.74, 6) is -0.776. The molecule has 6 saturated heterocycles. The third-order valence-electron chi connectivity index (χ3n) is 21.3. The first kappa shape index (κ1) is 69.8. The van der Waals surface area contributed by atoms with Gasteiger partial charge in [-0.1, -0.05) is 19.9 Å². The van der Waals surface area contributed by atoms with Crippen LogP contribution in [0.5, 0.6) is 0 Å². The minimum Gasteiger partial charge on any atom is -0.432 e. The third kappa shape index (κ3) is 12.3. The molecule has 10 aliphatic rings. The van der Waals surface area contributed by atoms with Crippen molar-refractivity contribution in [3.8, 4) is 0 Å². The van der Waals surface area contributed by atoms with Crippen LogP contribution in [0.4, 0.5) is 0 Å². The summed E-state index contributed by atoms with van der Waals surface area (Å²) in [6.07, 6.45) is -49.3. The summed E-state index contributed by atoms with van der Waals surface area (Å²) in [5.41, 5.74) is -2.18. The van der Waals surface area contributed by atoms with E-state index in [1.807, 2.05) is 6.92 Å². The lowest BCUT2D eigenvalue weighted by Crippen LogP contribution is -2.68. The summed E-state index contributed by atoms with van der Waals surface area (Å²) in [6, 6.07) is 0. The lowest BCUT2D eigenvalue weighted by molar-refractivity contribution is -0.394. The molecule has 20 N–H and O–H groups in total. The number of ether oxygens (including phenoxy) is 12. The molecule has 0 unspecified atom stereocenters. The lowest BCUT2D eigenvalue weighted by Gasteiger charge is -2.64. The molecule has 0 radical (unpaired) electrons. The molecule has 33 nitrogen and oxygen atoms in total. The Morgan fingerprint density at radius 2 is 0.775 bits per heavy atom. The van der Waals surface area contributed by atoms with E-state index in [1.165, 1.54) is 0 Å². The summed E-state index contributed by atoms with van der Waals surface area (Å²) in [6.45, 7) is 3.15. The van der Waals surface area contributed by atoms with Crippen molar-refractivity contribution < 1.29 is 164 Å². The zero-order valence-corrected chi connectivity index (χ0v) is 49.0. The third-order valence-corrected chi connectivity index (χ3v) is 21.3. The van der Waals surface area contributed by atoms with Crippen LogP contribution in [-0.4, -0.2) is 338 Å². The monoisotopic (exact) mass is 1290 g/mol. The molecule has 10 fully saturated rings. The van der Waals surface area contributed by atoms with Crippen LogP contribution >= 0.6 is 0 Å². The fourth-order valence-corrected chi connectivity index (χ4v) is 16.5. The summed E-state index contributed by atoms with van der Waals surface area (Å²) in [5, 5.41) is 215. The number of fused-ring (bicyclic) bond motifs is 3. The highest BCUT2D eigenvalue weighted by atomic mass is 16.8. The van der Waals surface area contributed by atoms with Crippen molar-refractivity contribution in [3.05, 3.63) is 12.2 Å². The lowest BCUT2D eigenvalue weighted by atomic mass is 9.41. The maximum atomic E-state index is 14.3. The van der Waals surface area contributed by atoms with E-state index in [2.05, 4.69) is 13.5 Å². The highest BCUT2D eigenvalue weighted by molar-refractivity contribution is 5.77. The van der Waals surface area contributed by atoms with Gasteiger partial charge in [0, 0.05) is 0 Å². The topological polar surface area (TPSA) is 532 Å². The first-order chi connectivity index (χ1) is 42.1. The number of aliphatic hydroxyl groups is 20. The Labute approximate surface area is 509 Å². The number of hydrogen-bond donors (Lipinski definition) is 20. The molecule has 89 heavy (non-hydrogen) atoms. The Morgan fingerprint density at radius 1 is 0.427 bits per heavy atom. The van der Waals surface area contributed by atoms with Gasteiger partial charge in [0.2, 0.25) is 6.29 Å². The second-order valence-corrected chi connectivity index (χ2v) is 26.4. The van der Waals surface area contributed by atoms with E-state index >= 15 is 0 Å². The Kier molecular flexibility index (Phi) is 21.4. The summed E-state index contributed by atoms with van der Waals surface area (Å²) >= 11 is 0. The standard InChI is InChI=1S/C56H90O33/c1-19-11-55-9-5-26-53(2,7-4-8-54(26,3)52(77)88-50-37(72)31(66)29(64)21(13-58)79-50)27(55)6-10-56(19,18-55)89-51-41(76)35(70)45(25(17-62)83-51)87-49-40(75)34(69)44(24(16-61)82-49)86-48-39(74)33(68)43(23(15-60)81-48)85-47-38(73)32(67)42(22(14-59)80-47)84-46-36(71)30(65)28(63)20(12-57)78-46/h20-51,57-76H,1,4-18H2,2-3H3/t20-,21-,22-,23-,24-,25-,26+,27+,28-,29-,30+,31+,32-,33-,34-,35-,36-,37-,38-,39-,40-,41-,42-,43-,44-,45-,46-,47-,48-,49-,50+,51+,53-,54-,55-,56+/m1/s1. The zero-order valence-electron chi connectivity index (χ0n) is 49.0. The number of aliphatic hydroxyl groups excluding tert-OH is 20. The quantitative estimate of drug-likeness (QED) is 0.0344. The molecule has 4 aliphatic carbocycles. The van der Waals surface area contributed by atoms with Crippen molar-refractivity contribution in [2.45, 2.75) is 261 Å². The van der Waals surface area contributed by atoms with Crippen LogP contribution in [0.2, 0.25) is 0 Å². The van der Waals surface area contributed by atoms with Crippen molar-refractivity contribution in [2.75, 3.05) is 39.6 Å². The molecule has 0 aromatic rings. The first-order valence-corrected chi connectivity index (χ1v) is 30.4. The van der Waals surface area contributed by atoms with Gasteiger partial charge < -0.3 is 159 Å². The van der Waals surface area contributed by atoms with Gasteiger partial charge in [0.1, 0.15) is 146 Å². The second kappa shape index (κ2) is 27.2. The largest absolute Gasteiger partial charge is 0.432 e. The van der Waals surface area contributed by atoms with Gasteiger partial charge in [-0.15, -0.1) is 0 Å². The number of carbonyl (C=O) groups excluding carboxylic acids is 1. The molecule has 0 amide bonds. The number of carbonyl (C=O) groups is 1. The molecule has 0 aromatic carbocycles. The van der Waals surface area contributed by atoms with Gasteiger partial charge in [0.25, 0.3) is 0 Å². The predicted molar refractivity (Wildman–Crippen MR) is 284 cm³/mol. The summed E-state index contributed by atoms with van der Waals surface area (Å²) in [4.78, 5) is 14.3. The Morgan fingerprint density at radius 3 is 1.19 bits per heavy atom. The van der Waals surface area contributed by atoms with E-state index in [4.69, 9.17) is 56.8 Å². The molecular weight excluding hydrogens is 1200 g/mol. The SMILES string of the molecule is C=C1C[C@@]23CC[C@H]4[C@@](C)(CCC[C@@]4(C)C(=O)O[C@@H]4O[C@H](CO)[C@@H](O)[C@H](O)[C@H]4O)[C@@H]2CC[C@]1(O[C@@H]1O[C@H](CO)[C@@H](O[C@H]2O[C@H](CO)[C@@H](O[C@H]4O[C@H](CO)[C@@H](O[C@H]5O[C@H](CO)[C@@H](O[C@H]6O[C@H](CO)[C@@H](O)[C@H](O)[C@H]6O)[C@H](O)[C@H]5O)[C@H](O)[C@H]4O)[C@H](O)[C@H]2O)[C@H](O)[C@H]1O)C3. The van der Waals surface area contributed by atoms with E-state index in [9.17, 15) is 107 Å². The van der Waals surface area contributed by atoms with E-state index in [0.29, 0.717) is 51.4 Å². The molecule has 6 aliphatic heterocycles. The number of rotatable bonds is 18. The van der Waals surface area contributed by atoms with Crippen LogP contribution in [0.1, 0.15) is 71.6 Å². The van der Waals surface area contributed by atoms with Gasteiger partial charge >= 0.3 is 5.97 Å². The van der Waals surface area contributed by atoms with Crippen molar-refractivity contribution in [3.63, 3.8) is 0 Å². The van der Waals surface area contributed by atoms with E-state index < -0.39 is 246 Å². The van der Waals surface area contributed by atoms with Crippen LogP contribution in [0.15, 0.2) is 12.2 Å². The Hall–Kier alpha value is -2.03. The van der Waals surface area contributed by atoms with E-state index in [-0.39, 0.29) is 17.3 Å². The van der Waals surface area contributed by atoms with Gasteiger partial charge in [0.05, 0.1) is 50.7 Å². The average molecular weight is 1290 g/mol. The normalized spacial score (nSPS) is 54.5. The van der Waals surface area contributed by atoms with Gasteiger partial charge in [-0.2, -0.15) is 0 Å². The average Bonchev–Trinajstić information content (AvgIpc) is 1.64. The molecule has 0 aromatic heterocycles. The molecule has 33 heteroatoms. The van der Waals surface area contributed by atoms with Crippen molar-refractivity contribution in [2.24, 2.45) is 28.1 Å². The smallest absolute Gasteiger partial charge is 0.314 e. The van der Waals surface area contributed by atoms with Gasteiger partial charge in [-0.25, -0.2) is 0 Å². The number of hydrogen-bond acceptors (Lipinski definition) is 33. The predicted octanol–water partition coefficient (Wildman–Crippen LogP) is -9.47. The highest BCUT2D eigenvalue weighted by Crippen LogP contribution is 2.74. The fourth-order valence-electron chi connectivity index (χ4n) is 16.5. The number of esters is 1. The second-order valence-electron chi connectivity index (χ2n) is 26.4. The fraction of sp³-hybridized carbons (Fsp3) is 0.946. The van der Waals surface area contributed by atoms with Gasteiger partial charge in [0.15, 0.2) is 31.5 Å². The van der Waals surface area contributed by atoms with Crippen LogP contribution in [-0.2, 0) is 61.6 Å². The van der Waals surface area contributed by atoms with Crippen molar-refractivity contribution in [1.29, 1.82) is 0 Å². The molecule has 36 atom stereocenters. The molecule has 2 bridgehead atoms. The van der Waals surface area contributed by atoms with Crippen molar-refractivity contribution in [1.82, 2.24) is 0 Å². The molecule has 1 spiro atoms. The van der Waals surface area contributed by atoms with Crippen molar-refractivity contribution >= 4 is 5.97 Å². The molecule has 4 saturated carbocycles. The maximum Gasteiger partial charge on any atom is 0.314 e. The summed E-state index contributed by atoms with van der Waals surface area (Å²) in [7, 11) is 0. The van der Waals surface area contributed by atoms with Crippen LogP contribution in [0.3, 0.4) is 0 Å². The molecule has 10 rings (SSSR count). The summed E-state index contributed by atoms with van der Waals surface area (Å²) < 4.78 is 69.6. The van der Waals surface area contributed by atoms with E-state index in [1.54, 1.807) is 0 Å². The molecule has 512 valence electrons. The van der Waals surface area contributed by atoms with E-state index in [0.717, 1.165) is 12.0 Å². The molecule has 6 heterocycles.